The summed E-state index contributed by atoms with van der Waals surface area (Å²) in [6.45, 7) is 12.2. The zero-order valence-electron chi connectivity index (χ0n) is 25.4. The quantitative estimate of drug-likeness (QED) is 0.179. The second-order valence-electron chi connectivity index (χ2n) is 10.3. The summed E-state index contributed by atoms with van der Waals surface area (Å²) >= 11 is 0. The molecule has 0 amide bonds. The van der Waals surface area contributed by atoms with Crippen LogP contribution < -0.4 is 0 Å². The normalized spacial score (nSPS) is 9.91. The molecule has 0 fully saturated rings. The Morgan fingerprint density at radius 2 is 0.395 bits per heavy atom. The van der Waals surface area contributed by atoms with Crippen LogP contribution in [0.3, 0.4) is 0 Å². The summed E-state index contributed by atoms with van der Waals surface area (Å²) in [5, 5.41) is 0. The van der Waals surface area contributed by atoms with E-state index < -0.39 is 0 Å². The van der Waals surface area contributed by atoms with Gasteiger partial charge in [-0.3, -0.25) is 29.9 Å². The zero-order valence-corrected chi connectivity index (χ0v) is 27.2. The van der Waals surface area contributed by atoms with E-state index in [9.17, 15) is 0 Å². The van der Waals surface area contributed by atoms with Gasteiger partial charge in [0.05, 0.1) is 34.2 Å². The molecule has 0 spiro atoms. The number of nitrogens with zero attached hydrogens (tertiary/aromatic N) is 6. The van der Waals surface area contributed by atoms with Gasteiger partial charge in [-0.25, -0.2) is 0 Å². The molecule has 7 heteroatoms. The fraction of sp³-hybridized carbons (Fsp3) is 0.167. The van der Waals surface area contributed by atoms with E-state index in [1.807, 2.05) is 152 Å². The zero-order chi connectivity index (χ0) is 29.9. The molecule has 6 heterocycles. The summed E-state index contributed by atoms with van der Waals surface area (Å²) in [5.41, 5.74) is 12.6. The van der Waals surface area contributed by atoms with Gasteiger partial charge in [-0.2, -0.15) is 0 Å². The van der Waals surface area contributed by atoms with Crippen molar-refractivity contribution in [1.29, 1.82) is 0 Å². The SMILES string of the molecule is Cc1ccc(-c2ccc(C)cn2)nc1.Cc1ccc(-c2ccc(C)cn2)nc1.Cc1ccc(-c2ccc(C)cn2)nc1.[Ru+2]. The van der Waals surface area contributed by atoms with E-state index in [1.165, 1.54) is 33.4 Å². The maximum atomic E-state index is 4.32. The van der Waals surface area contributed by atoms with Crippen molar-refractivity contribution in [2.24, 2.45) is 0 Å². The number of aryl methyl sites for hydroxylation is 6. The molecule has 0 radical (unpaired) electrons. The maximum Gasteiger partial charge on any atom is 2.00 e. The molecule has 6 aromatic rings. The molecule has 0 atom stereocenters. The minimum absolute atomic E-state index is 0. The minimum atomic E-state index is 0. The standard InChI is InChI=1S/3C12H12N2.Ru/c3*1-9-3-5-11(13-7-9)12-6-4-10(2)8-14-12;/h3*3-8H,1-2H3;/q;;;+2. The second kappa shape index (κ2) is 16.2. The molecular weight excluding hydrogens is 618 g/mol. The van der Waals surface area contributed by atoms with Crippen molar-refractivity contribution in [1.82, 2.24) is 29.9 Å². The molecule has 6 nitrogen and oxygen atoms in total. The van der Waals surface area contributed by atoms with Gasteiger partial charge in [0.1, 0.15) is 0 Å². The first kappa shape index (κ1) is 33.0. The van der Waals surface area contributed by atoms with Crippen LogP contribution in [0.15, 0.2) is 110 Å². The van der Waals surface area contributed by atoms with Crippen LogP contribution in [-0.2, 0) is 19.5 Å². The summed E-state index contributed by atoms with van der Waals surface area (Å²) in [7, 11) is 0. The van der Waals surface area contributed by atoms with Crippen LogP contribution in [0.1, 0.15) is 33.4 Å². The van der Waals surface area contributed by atoms with E-state index in [0.717, 1.165) is 34.2 Å². The van der Waals surface area contributed by atoms with E-state index in [4.69, 9.17) is 0 Å². The van der Waals surface area contributed by atoms with Gasteiger partial charge in [0.15, 0.2) is 0 Å². The molecule has 6 aromatic heterocycles. The Hall–Kier alpha value is -4.48. The van der Waals surface area contributed by atoms with Crippen LogP contribution in [-0.4, -0.2) is 29.9 Å². The Bertz CT molecular complexity index is 1330. The number of hydrogen-bond donors (Lipinski definition) is 0. The average Bonchev–Trinajstić information content (AvgIpc) is 3.01. The van der Waals surface area contributed by atoms with Crippen molar-refractivity contribution in [3.05, 3.63) is 143 Å². The minimum Gasteiger partial charge on any atom is -0.254 e. The molecule has 0 aliphatic carbocycles. The van der Waals surface area contributed by atoms with Crippen LogP contribution in [0.25, 0.3) is 34.2 Å². The fourth-order valence-corrected chi connectivity index (χ4v) is 3.72. The predicted octanol–water partition coefficient (Wildman–Crippen LogP) is 8.28. The van der Waals surface area contributed by atoms with E-state index in [0.29, 0.717) is 0 Å². The van der Waals surface area contributed by atoms with Crippen molar-refractivity contribution in [3.8, 4) is 34.2 Å². The first-order chi connectivity index (χ1) is 20.3. The van der Waals surface area contributed by atoms with Crippen molar-refractivity contribution in [2.75, 3.05) is 0 Å². The van der Waals surface area contributed by atoms with Crippen molar-refractivity contribution in [3.63, 3.8) is 0 Å². The van der Waals surface area contributed by atoms with Crippen molar-refractivity contribution < 1.29 is 19.5 Å². The maximum absolute atomic E-state index is 4.32. The molecule has 0 aromatic carbocycles. The molecule has 0 saturated carbocycles. The van der Waals surface area contributed by atoms with E-state index in [2.05, 4.69) is 29.9 Å². The van der Waals surface area contributed by atoms with Crippen LogP contribution in [0.4, 0.5) is 0 Å². The first-order valence-corrected chi connectivity index (χ1v) is 13.8. The Balaban J connectivity index is 0.000000175. The molecule has 216 valence electrons. The molecular formula is C36H36N6Ru+2. The van der Waals surface area contributed by atoms with Crippen LogP contribution in [0, 0.1) is 41.5 Å². The van der Waals surface area contributed by atoms with Gasteiger partial charge in [0.25, 0.3) is 0 Å². The first-order valence-electron chi connectivity index (χ1n) is 13.8. The molecule has 0 saturated heterocycles. The topological polar surface area (TPSA) is 77.3 Å². The van der Waals surface area contributed by atoms with Gasteiger partial charge in [0.2, 0.25) is 0 Å². The Morgan fingerprint density at radius 1 is 0.256 bits per heavy atom. The van der Waals surface area contributed by atoms with E-state index in [1.54, 1.807) is 0 Å². The van der Waals surface area contributed by atoms with Crippen molar-refractivity contribution in [2.45, 2.75) is 41.5 Å². The Labute approximate surface area is 267 Å². The van der Waals surface area contributed by atoms with Crippen LogP contribution in [0.2, 0.25) is 0 Å². The summed E-state index contributed by atoms with van der Waals surface area (Å²) in [4.78, 5) is 25.9. The average molecular weight is 654 g/mol. The second-order valence-corrected chi connectivity index (χ2v) is 10.3. The van der Waals surface area contributed by atoms with Crippen LogP contribution in [0.5, 0.6) is 0 Å². The summed E-state index contributed by atoms with van der Waals surface area (Å²) in [6, 6.07) is 24.2. The van der Waals surface area contributed by atoms with Crippen molar-refractivity contribution >= 4 is 0 Å². The summed E-state index contributed by atoms with van der Waals surface area (Å²) in [6.07, 6.45) is 11.1. The Morgan fingerprint density at radius 3 is 0.488 bits per heavy atom. The van der Waals surface area contributed by atoms with E-state index >= 15 is 0 Å². The monoisotopic (exact) mass is 654 g/mol. The van der Waals surface area contributed by atoms with Gasteiger partial charge >= 0.3 is 19.5 Å². The smallest absolute Gasteiger partial charge is 0.254 e. The molecule has 6 rings (SSSR count). The molecule has 0 aliphatic heterocycles. The van der Waals surface area contributed by atoms with Gasteiger partial charge < -0.3 is 0 Å². The van der Waals surface area contributed by atoms with Gasteiger partial charge in [-0.1, -0.05) is 36.4 Å². The van der Waals surface area contributed by atoms with Gasteiger partial charge in [0, 0.05) is 37.2 Å². The summed E-state index contributed by atoms with van der Waals surface area (Å²) < 4.78 is 0. The number of pyridine rings is 6. The predicted molar refractivity (Wildman–Crippen MR) is 171 cm³/mol. The third kappa shape index (κ3) is 10.4. The van der Waals surface area contributed by atoms with Gasteiger partial charge in [-0.05, 0) is 111 Å². The van der Waals surface area contributed by atoms with E-state index in [-0.39, 0.29) is 19.5 Å². The number of rotatable bonds is 3. The molecule has 0 N–H and O–H groups in total. The molecule has 0 bridgehead atoms. The molecule has 0 unspecified atom stereocenters. The number of aromatic nitrogens is 6. The Kier molecular flexibility index (Phi) is 12.5. The molecule has 43 heavy (non-hydrogen) atoms. The number of hydrogen-bond acceptors (Lipinski definition) is 6. The van der Waals surface area contributed by atoms with Crippen LogP contribution >= 0.6 is 0 Å². The summed E-state index contributed by atoms with van der Waals surface area (Å²) in [5.74, 6) is 0. The van der Waals surface area contributed by atoms with Gasteiger partial charge in [-0.15, -0.1) is 0 Å². The largest absolute Gasteiger partial charge is 2.00 e. The third-order valence-corrected chi connectivity index (χ3v) is 6.26. The third-order valence-electron chi connectivity index (χ3n) is 6.26. The molecule has 0 aliphatic rings. The fourth-order valence-electron chi connectivity index (χ4n) is 3.72.